The van der Waals surface area contributed by atoms with Crippen LogP contribution in [-0.4, -0.2) is 55.4 Å². The lowest BCUT2D eigenvalue weighted by atomic mass is 9.48. The highest BCUT2D eigenvalue weighted by Crippen LogP contribution is 2.62. The minimum Gasteiger partial charge on any atom is -0.462 e. The van der Waals surface area contributed by atoms with Crippen LogP contribution in [0.2, 0.25) is 0 Å². The molecule has 33 heavy (non-hydrogen) atoms. The van der Waals surface area contributed by atoms with E-state index in [-0.39, 0.29) is 29.4 Å². The van der Waals surface area contributed by atoms with E-state index in [2.05, 4.69) is 11.3 Å². The Morgan fingerprint density at radius 3 is 2.03 bits per heavy atom. The van der Waals surface area contributed by atoms with Gasteiger partial charge in [-0.3, -0.25) is 0 Å². The van der Waals surface area contributed by atoms with Crippen molar-refractivity contribution in [3.05, 3.63) is 12.2 Å². The first-order chi connectivity index (χ1) is 15.0. The molecule has 2 atom stereocenters. The van der Waals surface area contributed by atoms with Crippen LogP contribution in [0.25, 0.3) is 0 Å². The predicted octanol–water partition coefficient (Wildman–Crippen LogP) is 4.84. The molecule has 0 aliphatic heterocycles. The van der Waals surface area contributed by atoms with Gasteiger partial charge in [-0.25, -0.2) is 9.59 Å². The van der Waals surface area contributed by atoms with Crippen molar-refractivity contribution >= 4 is 11.9 Å². The summed E-state index contributed by atoms with van der Waals surface area (Å²) in [6, 6.07) is 0. The Labute approximate surface area is 185 Å². The highest BCUT2D eigenvalue weighted by Gasteiger charge is 2.77. The maximum Gasteiger partial charge on any atom is 0.460 e. The van der Waals surface area contributed by atoms with Crippen LogP contribution < -0.4 is 0 Å². The average molecular weight is 490 g/mol. The fourth-order valence-electron chi connectivity index (χ4n) is 5.83. The number of rotatable bonds is 9. The van der Waals surface area contributed by atoms with Gasteiger partial charge >= 0.3 is 30.0 Å². The third-order valence-electron chi connectivity index (χ3n) is 6.72. The normalized spacial score (nSPS) is 31.4. The first-order valence-corrected chi connectivity index (χ1v) is 10.5. The van der Waals surface area contributed by atoms with Crippen LogP contribution in [0, 0.1) is 17.3 Å². The molecule has 5 nitrogen and oxygen atoms in total. The van der Waals surface area contributed by atoms with E-state index in [9.17, 15) is 40.3 Å². The molecular formula is C21H25F7O5. The molecule has 0 aromatic heterocycles. The van der Waals surface area contributed by atoms with Gasteiger partial charge in [-0.05, 0) is 57.3 Å². The Morgan fingerprint density at radius 1 is 0.939 bits per heavy atom. The Balaban J connectivity index is 1.57. The summed E-state index contributed by atoms with van der Waals surface area (Å²) >= 11 is 0. The van der Waals surface area contributed by atoms with Crippen molar-refractivity contribution in [1.29, 1.82) is 0 Å². The summed E-state index contributed by atoms with van der Waals surface area (Å²) in [4.78, 5) is 23.1. The number of hydrogen-bond donors (Lipinski definition) is 0. The van der Waals surface area contributed by atoms with Crippen LogP contribution >= 0.6 is 0 Å². The van der Waals surface area contributed by atoms with E-state index in [0.29, 0.717) is 19.3 Å². The quantitative estimate of drug-likeness (QED) is 0.200. The molecule has 0 saturated heterocycles. The monoisotopic (exact) mass is 490 g/mol. The first-order valence-electron chi connectivity index (χ1n) is 10.5. The van der Waals surface area contributed by atoms with Gasteiger partial charge in [-0.1, -0.05) is 6.58 Å². The minimum absolute atomic E-state index is 0.171. The zero-order valence-electron chi connectivity index (χ0n) is 17.9. The topological polar surface area (TPSA) is 61.8 Å². The Bertz CT molecular complexity index is 793. The van der Waals surface area contributed by atoms with Gasteiger partial charge in [0.25, 0.3) is 0 Å². The molecule has 12 heteroatoms. The summed E-state index contributed by atoms with van der Waals surface area (Å²) in [6.07, 6.45) is -2.20. The van der Waals surface area contributed by atoms with Crippen molar-refractivity contribution in [1.82, 2.24) is 0 Å². The van der Waals surface area contributed by atoms with Crippen LogP contribution in [0.5, 0.6) is 0 Å². The van der Waals surface area contributed by atoms with Crippen molar-refractivity contribution < 1.29 is 54.5 Å². The fraction of sp³-hybridized carbons (Fsp3) is 0.810. The van der Waals surface area contributed by atoms with Crippen LogP contribution in [0.4, 0.5) is 30.7 Å². The van der Waals surface area contributed by atoms with Gasteiger partial charge < -0.3 is 14.2 Å². The second-order valence-electron chi connectivity index (χ2n) is 9.63. The van der Waals surface area contributed by atoms with Crippen molar-refractivity contribution in [2.24, 2.45) is 17.3 Å². The summed E-state index contributed by atoms with van der Waals surface area (Å²) in [5.74, 6) is -15.5. The maximum atomic E-state index is 13.4. The maximum absolute atomic E-state index is 13.4. The largest absolute Gasteiger partial charge is 0.462 e. The average Bonchev–Trinajstić information content (AvgIpc) is 2.67. The molecule has 0 aromatic rings. The first kappa shape index (κ1) is 25.8. The van der Waals surface area contributed by atoms with E-state index >= 15 is 0 Å². The zero-order valence-corrected chi connectivity index (χ0v) is 17.9. The number of esters is 2. The lowest BCUT2D eigenvalue weighted by molar-refractivity contribution is -0.348. The van der Waals surface area contributed by atoms with Gasteiger partial charge in [-0.2, -0.15) is 30.7 Å². The summed E-state index contributed by atoms with van der Waals surface area (Å²) < 4.78 is 104. The van der Waals surface area contributed by atoms with Gasteiger partial charge in [-0.15, -0.1) is 0 Å². The number of carbonyl (C=O) groups excluding carboxylic acids is 2. The summed E-state index contributed by atoms with van der Waals surface area (Å²) in [5.41, 5.74) is -0.751. The van der Waals surface area contributed by atoms with Gasteiger partial charge in [0, 0.05) is 11.0 Å². The molecule has 0 amide bonds. The van der Waals surface area contributed by atoms with Crippen molar-refractivity contribution in [3.8, 4) is 0 Å². The molecule has 4 saturated carbocycles. The SMILES string of the molecule is C=C(C)C(=O)OCC12CC3CC(C1)CC(OCCOC(=O)C(F)(F)C(F)(F)C(F)(F)F)(C3)C2. The summed E-state index contributed by atoms with van der Waals surface area (Å²) in [5, 5.41) is 0. The number of halogens is 7. The van der Waals surface area contributed by atoms with E-state index in [1.54, 1.807) is 0 Å². The van der Waals surface area contributed by atoms with Crippen molar-refractivity contribution in [3.63, 3.8) is 0 Å². The second-order valence-corrected chi connectivity index (χ2v) is 9.63. The van der Waals surface area contributed by atoms with E-state index in [1.165, 1.54) is 6.92 Å². The molecule has 4 rings (SSSR count). The summed E-state index contributed by atoms with van der Waals surface area (Å²) in [6.45, 7) is 3.89. The van der Waals surface area contributed by atoms with Gasteiger partial charge in [0.05, 0.1) is 18.8 Å². The number of hydrogen-bond acceptors (Lipinski definition) is 5. The Hall–Kier alpha value is -1.85. The van der Waals surface area contributed by atoms with E-state index in [1.807, 2.05) is 0 Å². The van der Waals surface area contributed by atoms with Crippen LogP contribution in [0.1, 0.15) is 45.4 Å². The second kappa shape index (κ2) is 8.42. The number of carbonyl (C=O) groups is 2. The molecular weight excluding hydrogens is 465 g/mol. The summed E-state index contributed by atoms with van der Waals surface area (Å²) in [7, 11) is 0. The molecule has 188 valence electrons. The van der Waals surface area contributed by atoms with E-state index in [0.717, 1.165) is 19.3 Å². The molecule has 4 bridgehead atoms. The van der Waals surface area contributed by atoms with Crippen LogP contribution in [0.3, 0.4) is 0 Å². The number of ether oxygens (including phenoxy) is 3. The third-order valence-corrected chi connectivity index (χ3v) is 6.72. The molecule has 0 spiro atoms. The molecule has 4 aliphatic rings. The predicted molar refractivity (Wildman–Crippen MR) is 98.5 cm³/mol. The van der Waals surface area contributed by atoms with Crippen LogP contribution in [-0.2, 0) is 23.8 Å². The Morgan fingerprint density at radius 2 is 1.52 bits per heavy atom. The van der Waals surface area contributed by atoms with Gasteiger partial charge in [0.15, 0.2) is 0 Å². The molecule has 0 N–H and O–H groups in total. The highest BCUT2D eigenvalue weighted by molar-refractivity contribution is 5.86. The molecule has 0 heterocycles. The number of alkyl halides is 7. The molecule has 0 radical (unpaired) electrons. The fourth-order valence-corrected chi connectivity index (χ4v) is 5.83. The standard InChI is InChI=1S/C21H25F7O5/c1-12(2)15(29)32-11-17-6-13-5-14(7-17)9-18(8-13,10-17)33-4-3-31-16(30)19(22,23)20(24,25)21(26,27)28/h13-14H,1,3-11H2,2H3. The van der Waals surface area contributed by atoms with E-state index < -0.39 is 48.8 Å². The smallest absolute Gasteiger partial charge is 0.460 e. The van der Waals surface area contributed by atoms with E-state index in [4.69, 9.17) is 9.47 Å². The zero-order chi connectivity index (χ0) is 24.9. The van der Waals surface area contributed by atoms with Crippen molar-refractivity contribution in [2.45, 2.75) is 69.1 Å². The minimum atomic E-state index is -6.62. The van der Waals surface area contributed by atoms with Gasteiger partial charge in [0.1, 0.15) is 6.61 Å². The molecule has 4 fully saturated rings. The highest BCUT2D eigenvalue weighted by atomic mass is 19.4. The lowest BCUT2D eigenvalue weighted by Gasteiger charge is -2.61. The molecule has 2 unspecified atom stereocenters. The third kappa shape index (κ3) is 4.85. The lowest BCUT2D eigenvalue weighted by Crippen LogP contribution is -2.58. The molecule has 4 aliphatic carbocycles. The molecule has 0 aromatic carbocycles. The van der Waals surface area contributed by atoms with Crippen molar-refractivity contribution in [2.75, 3.05) is 19.8 Å². The Kier molecular flexibility index (Phi) is 6.58. The van der Waals surface area contributed by atoms with Crippen LogP contribution in [0.15, 0.2) is 12.2 Å². The van der Waals surface area contributed by atoms with Gasteiger partial charge in [0.2, 0.25) is 0 Å².